The average molecular weight is 696 g/mol. The summed E-state index contributed by atoms with van der Waals surface area (Å²) in [6.07, 6.45) is 0.193. The van der Waals surface area contributed by atoms with E-state index in [4.69, 9.17) is 14.5 Å². The molecule has 4 aliphatic heterocycles. The van der Waals surface area contributed by atoms with Gasteiger partial charge in [-0.3, -0.25) is 4.90 Å². The highest BCUT2D eigenvalue weighted by molar-refractivity contribution is 6.04. The van der Waals surface area contributed by atoms with Crippen molar-refractivity contribution in [3.05, 3.63) is 53.1 Å². The molecule has 0 radical (unpaired) electrons. The van der Waals surface area contributed by atoms with E-state index < -0.39 is 28.9 Å². The monoisotopic (exact) mass is 695 g/mol. The van der Waals surface area contributed by atoms with Gasteiger partial charge in [-0.05, 0) is 84.7 Å². The molecule has 5 aliphatic rings. The van der Waals surface area contributed by atoms with Crippen molar-refractivity contribution >= 4 is 27.5 Å². The Hall–Kier alpha value is -3.81. The molecule has 1 saturated carbocycles. The molecular formula is C37H38F5N5O3. The molecule has 4 atom stereocenters. The van der Waals surface area contributed by atoms with Gasteiger partial charge in [0.25, 0.3) is 0 Å². The SMILES string of the molecule is CCc1c(F)ccc2cc(O)cc(-c3c(C(F)(F)F)cc4c(N5CC6CCC(C5)N6)nc(OCC5(CN6C[C@@H]7C[C@H]6CO7)CC5)nc4c3F)c12. The van der Waals surface area contributed by atoms with E-state index in [0.717, 1.165) is 63.9 Å². The molecule has 4 saturated heterocycles. The van der Waals surface area contributed by atoms with E-state index in [-0.39, 0.29) is 75.0 Å². The van der Waals surface area contributed by atoms with Crippen molar-refractivity contribution in [2.75, 3.05) is 44.3 Å². The highest BCUT2D eigenvalue weighted by Crippen LogP contribution is 2.49. The van der Waals surface area contributed by atoms with Gasteiger partial charge in [-0.25, -0.2) is 8.78 Å². The van der Waals surface area contributed by atoms with Gasteiger partial charge in [0.15, 0.2) is 5.82 Å². The highest BCUT2D eigenvalue weighted by Gasteiger charge is 2.49. The van der Waals surface area contributed by atoms with Gasteiger partial charge in [0, 0.05) is 60.7 Å². The molecule has 2 N–H and O–H groups in total. The lowest BCUT2D eigenvalue weighted by atomic mass is 9.89. The molecule has 0 amide bonds. The molecular weight excluding hydrogens is 657 g/mol. The van der Waals surface area contributed by atoms with E-state index in [0.29, 0.717) is 31.1 Å². The maximum atomic E-state index is 17.2. The molecule has 1 aliphatic carbocycles. The van der Waals surface area contributed by atoms with Crippen LogP contribution >= 0.6 is 0 Å². The van der Waals surface area contributed by atoms with Gasteiger partial charge >= 0.3 is 12.2 Å². The largest absolute Gasteiger partial charge is 0.508 e. The topological polar surface area (TPSA) is 83.0 Å². The summed E-state index contributed by atoms with van der Waals surface area (Å²) in [5, 5.41) is 14.5. The lowest BCUT2D eigenvalue weighted by molar-refractivity contribution is -0.137. The number of phenols is 1. The minimum absolute atomic E-state index is 0.0761. The van der Waals surface area contributed by atoms with Crippen LogP contribution in [0.15, 0.2) is 30.3 Å². The number of aryl methyl sites for hydroxylation is 1. The molecule has 8 nitrogen and oxygen atoms in total. The minimum Gasteiger partial charge on any atom is -0.508 e. The van der Waals surface area contributed by atoms with Crippen molar-refractivity contribution in [3.8, 4) is 22.9 Å². The van der Waals surface area contributed by atoms with E-state index in [1.807, 2.05) is 4.90 Å². The first-order valence-electron chi connectivity index (χ1n) is 17.5. The number of nitrogens with zero attached hydrogens (tertiary/aromatic N) is 4. The van der Waals surface area contributed by atoms with Crippen molar-refractivity contribution in [1.82, 2.24) is 20.2 Å². The Morgan fingerprint density at radius 2 is 1.84 bits per heavy atom. The summed E-state index contributed by atoms with van der Waals surface area (Å²) in [6, 6.07) is 6.45. The second kappa shape index (κ2) is 11.6. The number of phenolic OH excluding ortho intramolecular Hbond substituents is 1. The van der Waals surface area contributed by atoms with Crippen LogP contribution in [0.1, 0.15) is 50.2 Å². The summed E-state index contributed by atoms with van der Waals surface area (Å²) >= 11 is 0. The van der Waals surface area contributed by atoms with Crippen LogP contribution in [0.2, 0.25) is 0 Å². The van der Waals surface area contributed by atoms with Crippen LogP contribution in [0, 0.1) is 17.0 Å². The van der Waals surface area contributed by atoms with Gasteiger partial charge < -0.3 is 24.8 Å². The summed E-state index contributed by atoms with van der Waals surface area (Å²) in [5.74, 6) is -2.03. The molecule has 2 unspecified atom stereocenters. The molecule has 50 heavy (non-hydrogen) atoms. The van der Waals surface area contributed by atoms with Gasteiger partial charge in [0.2, 0.25) is 0 Å². The quantitative estimate of drug-likeness (QED) is 0.200. The zero-order valence-corrected chi connectivity index (χ0v) is 27.6. The maximum Gasteiger partial charge on any atom is 0.417 e. The molecule has 13 heteroatoms. The summed E-state index contributed by atoms with van der Waals surface area (Å²) in [4.78, 5) is 13.5. The number of benzene rings is 3. The molecule has 5 heterocycles. The summed E-state index contributed by atoms with van der Waals surface area (Å²) in [7, 11) is 0. The third-order valence-corrected chi connectivity index (χ3v) is 11.5. The lowest BCUT2D eigenvalue weighted by Gasteiger charge is -2.34. The fourth-order valence-electron chi connectivity index (χ4n) is 8.84. The number of aromatic nitrogens is 2. The number of anilines is 1. The number of alkyl halides is 3. The van der Waals surface area contributed by atoms with Gasteiger partial charge in [-0.2, -0.15) is 23.1 Å². The standard InChI is InChI=1S/C37H38F5N5O3/c1-2-25-29(38)6-3-19-9-23(48)11-26(30(19)25)31-28(37(40,41)42)12-27-33(32(31)39)44-35(45-34(27)46-13-20-4-5-21(14-46)43-20)50-18-36(7-8-36)17-47-15-24-10-22(47)16-49-24/h3,6,9,11-12,20-22,24,43,48H,2,4-5,7-8,10,13-18H2,1H3/t20?,21?,22-,24-/m0/s1. The zero-order valence-electron chi connectivity index (χ0n) is 27.6. The molecule has 0 spiro atoms. The number of aromatic hydroxyl groups is 1. The lowest BCUT2D eigenvalue weighted by Crippen LogP contribution is -2.51. The van der Waals surface area contributed by atoms with Gasteiger partial charge in [-0.15, -0.1) is 0 Å². The molecule has 9 rings (SSSR count). The Balaban J connectivity index is 1.20. The van der Waals surface area contributed by atoms with E-state index in [1.54, 1.807) is 6.92 Å². The first-order valence-corrected chi connectivity index (χ1v) is 17.5. The van der Waals surface area contributed by atoms with Gasteiger partial charge in [-0.1, -0.05) is 13.0 Å². The van der Waals surface area contributed by atoms with Crippen LogP contribution in [-0.4, -0.2) is 83.6 Å². The first kappa shape index (κ1) is 32.1. The maximum absolute atomic E-state index is 17.2. The third-order valence-electron chi connectivity index (χ3n) is 11.5. The van der Waals surface area contributed by atoms with Crippen molar-refractivity contribution in [3.63, 3.8) is 0 Å². The Morgan fingerprint density at radius 3 is 2.50 bits per heavy atom. The highest BCUT2D eigenvalue weighted by atomic mass is 19.4. The van der Waals surface area contributed by atoms with E-state index in [1.165, 1.54) is 18.2 Å². The van der Waals surface area contributed by atoms with Crippen LogP contribution in [0.3, 0.4) is 0 Å². The van der Waals surface area contributed by atoms with Crippen LogP contribution in [0.4, 0.5) is 27.8 Å². The second-order valence-electron chi connectivity index (χ2n) is 14.9. The van der Waals surface area contributed by atoms with Crippen LogP contribution in [-0.2, 0) is 17.3 Å². The predicted octanol–water partition coefficient (Wildman–Crippen LogP) is 6.59. The summed E-state index contributed by atoms with van der Waals surface area (Å²) < 4.78 is 89.6. The number of hydrogen-bond acceptors (Lipinski definition) is 8. The number of nitrogens with one attached hydrogen (secondary N) is 1. The molecule has 4 bridgehead atoms. The van der Waals surface area contributed by atoms with E-state index in [2.05, 4.69) is 15.2 Å². The molecule has 264 valence electrons. The molecule has 3 aromatic carbocycles. The average Bonchev–Trinajstić information content (AvgIpc) is 3.33. The van der Waals surface area contributed by atoms with Crippen LogP contribution in [0.25, 0.3) is 32.8 Å². The van der Waals surface area contributed by atoms with E-state index >= 15 is 22.0 Å². The molecule has 5 fully saturated rings. The Labute approximate surface area is 285 Å². The Kier molecular flexibility index (Phi) is 7.46. The first-order chi connectivity index (χ1) is 24.0. The zero-order chi connectivity index (χ0) is 34.5. The van der Waals surface area contributed by atoms with Gasteiger partial charge in [0.1, 0.15) is 22.9 Å². The fourth-order valence-corrected chi connectivity index (χ4v) is 8.84. The van der Waals surface area contributed by atoms with Crippen molar-refractivity contribution in [2.45, 2.75) is 75.9 Å². The van der Waals surface area contributed by atoms with Crippen LogP contribution < -0.4 is 15.0 Å². The minimum atomic E-state index is -5.00. The van der Waals surface area contributed by atoms with Crippen molar-refractivity contribution in [2.24, 2.45) is 5.41 Å². The summed E-state index contributed by atoms with van der Waals surface area (Å²) in [5.41, 5.74) is -2.61. The van der Waals surface area contributed by atoms with Crippen LogP contribution in [0.5, 0.6) is 11.8 Å². The number of halogens is 5. The number of piperazine rings is 1. The number of rotatable bonds is 8. The second-order valence-corrected chi connectivity index (χ2v) is 14.9. The number of fused-ring (bicyclic) bond motifs is 6. The fraction of sp³-hybridized carbons (Fsp3) is 0.514. The number of hydrogen-bond donors (Lipinski definition) is 2. The molecule has 4 aromatic rings. The Morgan fingerprint density at radius 1 is 1.06 bits per heavy atom. The van der Waals surface area contributed by atoms with Crippen molar-refractivity contribution in [1.29, 1.82) is 0 Å². The predicted molar refractivity (Wildman–Crippen MR) is 177 cm³/mol. The number of ether oxygens (including phenoxy) is 2. The number of likely N-dealkylation sites (tertiary alicyclic amines) is 1. The molecule has 1 aromatic heterocycles. The number of morpholine rings is 1. The van der Waals surface area contributed by atoms with Gasteiger partial charge in [0.05, 0.1) is 24.9 Å². The Bertz CT molecular complexity index is 2010. The third kappa shape index (κ3) is 5.43. The normalized spacial score (nSPS) is 25.7. The smallest absolute Gasteiger partial charge is 0.417 e. The van der Waals surface area contributed by atoms with E-state index in [9.17, 15) is 5.11 Å². The summed E-state index contributed by atoms with van der Waals surface area (Å²) in [6.45, 7) is 5.41. The van der Waals surface area contributed by atoms with Crippen molar-refractivity contribution < 1.29 is 36.5 Å².